The zero-order chi connectivity index (χ0) is 16.2. The highest BCUT2D eigenvalue weighted by Crippen LogP contribution is 2.22. The van der Waals surface area contributed by atoms with Crippen LogP contribution in [0, 0.1) is 0 Å². The number of rotatable bonds is 4. The number of pyridine rings is 1. The Morgan fingerprint density at radius 2 is 2.00 bits per heavy atom. The predicted octanol–water partition coefficient (Wildman–Crippen LogP) is 4.20. The molecule has 3 aromatic rings. The van der Waals surface area contributed by atoms with E-state index in [1.165, 1.54) is 17.8 Å². The average molecular weight is 328 g/mol. The molecule has 0 atom stereocenters. The minimum Gasteiger partial charge on any atom is -0.338 e. The van der Waals surface area contributed by atoms with Gasteiger partial charge in [0.2, 0.25) is 5.88 Å². The number of carbonyl (C=O) groups excluding carboxylic acids is 1. The first-order chi connectivity index (χ1) is 11.2. The second-order valence-electron chi connectivity index (χ2n) is 4.95. The van der Waals surface area contributed by atoms with Crippen molar-refractivity contribution >= 4 is 23.4 Å². The molecular weight excluding hydrogens is 314 g/mol. The van der Waals surface area contributed by atoms with Gasteiger partial charge in [-0.15, -0.1) is 0 Å². The fourth-order valence-corrected chi connectivity index (χ4v) is 2.28. The summed E-state index contributed by atoms with van der Waals surface area (Å²) in [7, 11) is 0. The van der Waals surface area contributed by atoms with Gasteiger partial charge >= 0.3 is 0 Å². The first-order valence-electron chi connectivity index (χ1n) is 7.14. The molecule has 1 N–H and O–H groups in total. The van der Waals surface area contributed by atoms with Gasteiger partial charge in [0, 0.05) is 23.4 Å². The number of carbonyl (C=O) groups is 1. The van der Waals surface area contributed by atoms with E-state index in [2.05, 4.69) is 22.4 Å². The Balaban J connectivity index is 1.75. The Morgan fingerprint density at radius 1 is 1.22 bits per heavy atom. The van der Waals surface area contributed by atoms with E-state index in [0.29, 0.717) is 11.3 Å². The van der Waals surface area contributed by atoms with Crippen LogP contribution in [-0.2, 0) is 6.42 Å². The monoisotopic (exact) mass is 327 g/mol. The summed E-state index contributed by atoms with van der Waals surface area (Å²) < 4.78 is 5.17. The van der Waals surface area contributed by atoms with Gasteiger partial charge in [0.05, 0.1) is 0 Å². The summed E-state index contributed by atoms with van der Waals surface area (Å²) in [5, 5.41) is 6.88. The van der Waals surface area contributed by atoms with Gasteiger partial charge in [-0.2, -0.15) is 0 Å². The summed E-state index contributed by atoms with van der Waals surface area (Å²) in [5.41, 5.74) is 3.24. The van der Waals surface area contributed by atoms with Crippen LogP contribution < -0.4 is 5.32 Å². The average Bonchev–Trinajstić information content (AvgIpc) is 3.03. The Hall–Kier alpha value is -2.66. The van der Waals surface area contributed by atoms with Gasteiger partial charge in [-0.1, -0.05) is 47.9 Å². The molecule has 6 heteroatoms. The molecule has 0 unspecified atom stereocenters. The first-order valence-corrected chi connectivity index (χ1v) is 7.52. The predicted molar refractivity (Wildman–Crippen MR) is 88.5 cm³/mol. The maximum absolute atomic E-state index is 12.1. The fraction of sp³-hybridized carbons (Fsp3) is 0.118. The number of benzene rings is 1. The van der Waals surface area contributed by atoms with Crippen molar-refractivity contribution in [3.05, 3.63) is 64.9 Å². The van der Waals surface area contributed by atoms with Crippen LogP contribution in [0.5, 0.6) is 0 Å². The molecule has 0 aliphatic heterocycles. The van der Waals surface area contributed by atoms with Crippen LogP contribution in [0.3, 0.4) is 0 Å². The van der Waals surface area contributed by atoms with Crippen molar-refractivity contribution in [3.63, 3.8) is 0 Å². The Morgan fingerprint density at radius 3 is 2.70 bits per heavy atom. The third-order valence-electron chi connectivity index (χ3n) is 3.39. The van der Waals surface area contributed by atoms with Gasteiger partial charge in [0.1, 0.15) is 10.8 Å². The number of anilines is 1. The lowest BCUT2D eigenvalue weighted by Gasteiger charge is -2.00. The lowest BCUT2D eigenvalue weighted by molar-refractivity contribution is 0.102. The number of halogens is 1. The molecule has 3 rings (SSSR count). The van der Waals surface area contributed by atoms with E-state index in [1.807, 2.05) is 24.3 Å². The number of nitrogens with one attached hydrogen (secondary N) is 1. The summed E-state index contributed by atoms with van der Waals surface area (Å²) in [6.45, 7) is 2.10. The van der Waals surface area contributed by atoms with E-state index in [9.17, 15) is 4.79 Å². The normalized spacial score (nSPS) is 10.5. The third kappa shape index (κ3) is 3.57. The van der Waals surface area contributed by atoms with Crippen molar-refractivity contribution < 1.29 is 9.32 Å². The van der Waals surface area contributed by atoms with Crippen LogP contribution in [0.1, 0.15) is 22.8 Å². The van der Waals surface area contributed by atoms with Gasteiger partial charge < -0.3 is 4.52 Å². The Bertz CT molecular complexity index is 828. The van der Waals surface area contributed by atoms with Crippen LogP contribution in [0.25, 0.3) is 11.3 Å². The highest BCUT2D eigenvalue weighted by atomic mass is 35.5. The molecule has 116 valence electrons. The molecular formula is C17H14ClN3O2. The Kier molecular flexibility index (Phi) is 4.39. The standard InChI is InChI=1S/C17H14ClN3O2/c1-2-11-3-5-12(6-4-11)14-10-16(23-21-14)20-17(22)13-7-8-19-15(18)9-13/h3-10H,2H2,1H3,(H,20,22). The fourth-order valence-electron chi connectivity index (χ4n) is 2.11. The quantitative estimate of drug-likeness (QED) is 0.729. The van der Waals surface area contributed by atoms with Crippen molar-refractivity contribution in [2.45, 2.75) is 13.3 Å². The van der Waals surface area contributed by atoms with Crippen LogP contribution >= 0.6 is 11.6 Å². The zero-order valence-corrected chi connectivity index (χ0v) is 13.2. The molecule has 0 aliphatic carbocycles. The molecule has 1 amide bonds. The molecule has 2 heterocycles. The minimum absolute atomic E-state index is 0.256. The molecule has 0 spiro atoms. The van der Waals surface area contributed by atoms with Crippen molar-refractivity contribution in [1.82, 2.24) is 10.1 Å². The lowest BCUT2D eigenvalue weighted by Crippen LogP contribution is -2.11. The number of aromatic nitrogens is 2. The van der Waals surface area contributed by atoms with Crippen molar-refractivity contribution in [3.8, 4) is 11.3 Å². The van der Waals surface area contributed by atoms with Gasteiger partial charge in [-0.3, -0.25) is 10.1 Å². The summed E-state index contributed by atoms with van der Waals surface area (Å²) in [6.07, 6.45) is 2.45. The number of aryl methyl sites for hydroxylation is 1. The topological polar surface area (TPSA) is 68.0 Å². The summed E-state index contributed by atoms with van der Waals surface area (Å²) >= 11 is 5.77. The van der Waals surface area contributed by atoms with Crippen molar-refractivity contribution in [2.75, 3.05) is 5.32 Å². The molecule has 0 fully saturated rings. The maximum Gasteiger partial charge on any atom is 0.258 e. The van der Waals surface area contributed by atoms with Crippen molar-refractivity contribution in [1.29, 1.82) is 0 Å². The Labute approximate surface area is 138 Å². The highest BCUT2D eigenvalue weighted by Gasteiger charge is 2.12. The van der Waals surface area contributed by atoms with Gasteiger partial charge in [0.15, 0.2) is 0 Å². The first kappa shape index (κ1) is 15.2. The molecule has 0 saturated carbocycles. The molecule has 0 saturated heterocycles. The van der Waals surface area contributed by atoms with Gasteiger partial charge in [-0.05, 0) is 24.1 Å². The van der Waals surface area contributed by atoms with Gasteiger partial charge in [-0.25, -0.2) is 4.98 Å². The van der Waals surface area contributed by atoms with E-state index in [-0.39, 0.29) is 16.9 Å². The number of nitrogens with zero attached hydrogens (tertiary/aromatic N) is 2. The molecule has 23 heavy (non-hydrogen) atoms. The van der Waals surface area contributed by atoms with E-state index >= 15 is 0 Å². The largest absolute Gasteiger partial charge is 0.338 e. The van der Waals surface area contributed by atoms with E-state index in [4.69, 9.17) is 16.1 Å². The summed E-state index contributed by atoms with van der Waals surface area (Å²) in [5.74, 6) is -0.0594. The summed E-state index contributed by atoms with van der Waals surface area (Å²) in [4.78, 5) is 15.9. The minimum atomic E-state index is -0.335. The van der Waals surface area contributed by atoms with Crippen LogP contribution in [0.4, 0.5) is 5.88 Å². The van der Waals surface area contributed by atoms with E-state index < -0.39 is 0 Å². The lowest BCUT2D eigenvalue weighted by atomic mass is 10.1. The van der Waals surface area contributed by atoms with E-state index in [1.54, 1.807) is 12.1 Å². The van der Waals surface area contributed by atoms with Crippen LogP contribution in [-0.4, -0.2) is 16.0 Å². The number of amides is 1. The summed E-state index contributed by atoms with van der Waals surface area (Å²) in [6, 6.07) is 12.8. The second kappa shape index (κ2) is 6.62. The van der Waals surface area contributed by atoms with Crippen molar-refractivity contribution in [2.24, 2.45) is 0 Å². The highest BCUT2D eigenvalue weighted by molar-refractivity contribution is 6.29. The number of hydrogen-bond donors (Lipinski definition) is 1. The second-order valence-corrected chi connectivity index (χ2v) is 5.34. The molecule has 5 nitrogen and oxygen atoms in total. The molecule has 2 aromatic heterocycles. The third-order valence-corrected chi connectivity index (χ3v) is 3.60. The van der Waals surface area contributed by atoms with Gasteiger partial charge in [0.25, 0.3) is 5.91 Å². The molecule has 0 aliphatic rings. The molecule has 1 aromatic carbocycles. The van der Waals surface area contributed by atoms with E-state index in [0.717, 1.165) is 12.0 Å². The molecule has 0 bridgehead atoms. The smallest absolute Gasteiger partial charge is 0.258 e. The van der Waals surface area contributed by atoms with Crippen LogP contribution in [0.2, 0.25) is 5.15 Å². The SMILES string of the molecule is CCc1ccc(-c2cc(NC(=O)c3ccnc(Cl)c3)on2)cc1. The number of hydrogen-bond acceptors (Lipinski definition) is 4. The van der Waals surface area contributed by atoms with Crippen LogP contribution in [0.15, 0.2) is 53.2 Å². The molecule has 0 radical (unpaired) electrons. The maximum atomic E-state index is 12.1. The zero-order valence-electron chi connectivity index (χ0n) is 12.4.